The van der Waals surface area contributed by atoms with Gasteiger partial charge < -0.3 is 10.2 Å². The molecule has 0 bridgehead atoms. The zero-order chi connectivity index (χ0) is 19.2. The van der Waals surface area contributed by atoms with E-state index in [0.717, 1.165) is 11.3 Å². The number of carbonyl (C=O) groups excluding carboxylic acids is 1. The molecule has 2 aromatic rings. The van der Waals surface area contributed by atoms with Gasteiger partial charge in [-0.2, -0.15) is 4.31 Å². The summed E-state index contributed by atoms with van der Waals surface area (Å²) in [4.78, 5) is 14.3. The quantitative estimate of drug-likeness (QED) is 0.882. The number of aryl methyl sites for hydroxylation is 1. The zero-order valence-electron chi connectivity index (χ0n) is 15.5. The number of hydrogen-bond acceptors (Lipinski definition) is 4. The zero-order valence-corrected chi connectivity index (χ0v) is 16.3. The number of amides is 1. The van der Waals surface area contributed by atoms with Crippen LogP contribution in [0.4, 0.5) is 11.4 Å². The normalized spacial score (nSPS) is 20.4. The van der Waals surface area contributed by atoms with Gasteiger partial charge in [0.25, 0.3) is 0 Å². The summed E-state index contributed by atoms with van der Waals surface area (Å²) < 4.78 is 27.7. The maximum Gasteiger partial charge on any atom is 0.243 e. The topological polar surface area (TPSA) is 69.7 Å². The summed E-state index contributed by atoms with van der Waals surface area (Å²) in [7, 11) is -3.57. The number of anilines is 2. The van der Waals surface area contributed by atoms with Crippen LogP contribution in [-0.2, 0) is 14.8 Å². The van der Waals surface area contributed by atoms with Crippen LogP contribution in [0.5, 0.6) is 0 Å². The third kappa shape index (κ3) is 3.11. The van der Waals surface area contributed by atoms with Crippen molar-refractivity contribution in [2.24, 2.45) is 0 Å². The number of benzene rings is 2. The Labute approximate surface area is 159 Å². The number of nitrogens with zero attached hydrogens (tertiary/aromatic N) is 2. The van der Waals surface area contributed by atoms with Gasteiger partial charge in [-0.3, -0.25) is 4.79 Å². The van der Waals surface area contributed by atoms with Crippen molar-refractivity contribution in [1.82, 2.24) is 4.31 Å². The molecule has 0 saturated carbocycles. The Kier molecular flexibility index (Phi) is 4.44. The van der Waals surface area contributed by atoms with Gasteiger partial charge >= 0.3 is 0 Å². The fourth-order valence-electron chi connectivity index (χ4n) is 3.79. The summed E-state index contributed by atoms with van der Waals surface area (Å²) in [6, 6.07) is 13.1. The third-order valence-electron chi connectivity index (χ3n) is 5.47. The second-order valence-corrected chi connectivity index (χ2v) is 9.08. The van der Waals surface area contributed by atoms with Crippen molar-refractivity contribution in [1.29, 1.82) is 0 Å². The van der Waals surface area contributed by atoms with Crippen LogP contribution in [0.25, 0.3) is 0 Å². The highest BCUT2D eigenvalue weighted by Gasteiger charge is 2.32. The maximum absolute atomic E-state index is 13.1. The Balaban J connectivity index is 1.53. The number of rotatable bonds is 3. The first-order valence-electron chi connectivity index (χ1n) is 9.13. The molecule has 4 rings (SSSR count). The molecule has 2 aliphatic rings. The molecular formula is C20H23N3O3S. The molecule has 1 amide bonds. The summed E-state index contributed by atoms with van der Waals surface area (Å²) in [6.45, 7) is 6.07. The van der Waals surface area contributed by atoms with Crippen LogP contribution < -0.4 is 10.2 Å². The van der Waals surface area contributed by atoms with E-state index < -0.39 is 10.0 Å². The van der Waals surface area contributed by atoms with Crippen LogP contribution in [0.1, 0.15) is 24.0 Å². The molecule has 1 atom stereocenters. The molecule has 2 aliphatic heterocycles. The van der Waals surface area contributed by atoms with Crippen molar-refractivity contribution < 1.29 is 13.2 Å². The van der Waals surface area contributed by atoms with Gasteiger partial charge in [-0.1, -0.05) is 18.2 Å². The number of hydrogen-bond donors (Lipinski definition) is 1. The molecule has 0 aromatic heterocycles. The standard InChI is InChI=1S/C20H23N3O3S/c1-14-5-3-4-6-19(14)22-9-11-23(12-10-22)27(25,26)16-7-8-18-17(13-16)15(2)20(24)21-18/h3-8,13,15H,9-12H2,1-2H3,(H,21,24)/t15-/m0/s1. The highest BCUT2D eigenvalue weighted by molar-refractivity contribution is 7.89. The first-order chi connectivity index (χ1) is 12.9. The monoisotopic (exact) mass is 385 g/mol. The van der Waals surface area contributed by atoms with Crippen molar-refractivity contribution in [3.63, 3.8) is 0 Å². The van der Waals surface area contributed by atoms with E-state index >= 15 is 0 Å². The van der Waals surface area contributed by atoms with E-state index in [2.05, 4.69) is 29.3 Å². The number of para-hydroxylation sites is 1. The number of carbonyl (C=O) groups is 1. The highest BCUT2D eigenvalue weighted by Crippen LogP contribution is 2.34. The number of piperazine rings is 1. The largest absolute Gasteiger partial charge is 0.369 e. The summed E-state index contributed by atoms with van der Waals surface area (Å²) in [5.41, 5.74) is 3.81. The van der Waals surface area contributed by atoms with E-state index in [0.29, 0.717) is 31.9 Å². The molecule has 0 spiro atoms. The van der Waals surface area contributed by atoms with Gasteiger partial charge in [-0.05, 0) is 49.2 Å². The summed E-state index contributed by atoms with van der Waals surface area (Å²) in [5, 5.41) is 2.78. The lowest BCUT2D eigenvalue weighted by molar-refractivity contribution is -0.116. The van der Waals surface area contributed by atoms with Crippen molar-refractivity contribution in [2.75, 3.05) is 36.4 Å². The van der Waals surface area contributed by atoms with Crippen molar-refractivity contribution in [2.45, 2.75) is 24.7 Å². The number of sulfonamides is 1. The molecule has 1 N–H and O–H groups in total. The van der Waals surface area contributed by atoms with E-state index in [-0.39, 0.29) is 16.7 Å². The van der Waals surface area contributed by atoms with Crippen molar-refractivity contribution in [3.05, 3.63) is 53.6 Å². The fourth-order valence-corrected chi connectivity index (χ4v) is 5.25. The van der Waals surface area contributed by atoms with E-state index in [1.54, 1.807) is 29.4 Å². The molecule has 0 unspecified atom stereocenters. The molecule has 2 aromatic carbocycles. The van der Waals surface area contributed by atoms with Gasteiger partial charge in [0.05, 0.1) is 10.8 Å². The second kappa shape index (κ2) is 6.65. The van der Waals surface area contributed by atoms with E-state index in [9.17, 15) is 13.2 Å². The van der Waals surface area contributed by atoms with Gasteiger partial charge in [0.2, 0.25) is 15.9 Å². The van der Waals surface area contributed by atoms with Crippen LogP contribution in [0, 0.1) is 6.92 Å². The predicted octanol–water partition coefficient (Wildman–Crippen LogP) is 2.56. The lowest BCUT2D eigenvalue weighted by Gasteiger charge is -2.36. The van der Waals surface area contributed by atoms with Crippen molar-refractivity contribution in [3.8, 4) is 0 Å². The SMILES string of the molecule is Cc1ccccc1N1CCN(S(=O)(=O)c2ccc3c(c2)[C@H](C)C(=O)N3)CC1. The summed E-state index contributed by atoms with van der Waals surface area (Å²) >= 11 is 0. The molecule has 1 fully saturated rings. The van der Waals surface area contributed by atoms with Gasteiger partial charge in [-0.25, -0.2) is 8.42 Å². The lowest BCUT2D eigenvalue weighted by atomic mass is 10.0. The molecule has 1 saturated heterocycles. The predicted molar refractivity (Wildman–Crippen MR) is 106 cm³/mol. The van der Waals surface area contributed by atoms with Crippen LogP contribution in [0.3, 0.4) is 0 Å². The fraction of sp³-hybridized carbons (Fsp3) is 0.350. The molecule has 7 heteroatoms. The van der Waals surface area contributed by atoms with Crippen LogP contribution in [0.15, 0.2) is 47.4 Å². The van der Waals surface area contributed by atoms with Crippen molar-refractivity contribution >= 4 is 27.3 Å². The average Bonchev–Trinajstić information content (AvgIpc) is 2.96. The van der Waals surface area contributed by atoms with Gasteiger partial charge in [-0.15, -0.1) is 0 Å². The van der Waals surface area contributed by atoms with Crippen LogP contribution >= 0.6 is 0 Å². The Morgan fingerprint density at radius 2 is 1.74 bits per heavy atom. The molecule has 0 radical (unpaired) electrons. The van der Waals surface area contributed by atoms with Gasteiger partial charge in [0.1, 0.15) is 0 Å². The molecular weight excluding hydrogens is 362 g/mol. The Hall–Kier alpha value is -2.38. The van der Waals surface area contributed by atoms with Crippen LogP contribution in [-0.4, -0.2) is 44.8 Å². The first-order valence-corrected chi connectivity index (χ1v) is 10.6. The number of nitrogens with one attached hydrogen (secondary N) is 1. The van der Waals surface area contributed by atoms with E-state index in [4.69, 9.17) is 0 Å². The Bertz CT molecular complexity index is 995. The summed E-state index contributed by atoms with van der Waals surface area (Å²) in [5.74, 6) is -0.417. The highest BCUT2D eigenvalue weighted by atomic mass is 32.2. The Morgan fingerprint density at radius 1 is 1.04 bits per heavy atom. The van der Waals surface area contributed by atoms with Gasteiger partial charge in [0, 0.05) is 37.6 Å². The minimum absolute atomic E-state index is 0.0913. The molecule has 0 aliphatic carbocycles. The van der Waals surface area contributed by atoms with E-state index in [1.165, 1.54) is 5.56 Å². The lowest BCUT2D eigenvalue weighted by Crippen LogP contribution is -2.48. The smallest absolute Gasteiger partial charge is 0.243 e. The van der Waals surface area contributed by atoms with Gasteiger partial charge in [0.15, 0.2) is 0 Å². The Morgan fingerprint density at radius 3 is 2.44 bits per heavy atom. The first kappa shape index (κ1) is 18.0. The third-order valence-corrected chi connectivity index (χ3v) is 7.37. The minimum Gasteiger partial charge on any atom is -0.369 e. The maximum atomic E-state index is 13.1. The average molecular weight is 385 g/mol. The molecule has 27 heavy (non-hydrogen) atoms. The number of fused-ring (bicyclic) bond motifs is 1. The molecule has 6 nitrogen and oxygen atoms in total. The summed E-state index contributed by atoms with van der Waals surface area (Å²) in [6.07, 6.45) is 0. The molecule has 2 heterocycles. The van der Waals surface area contributed by atoms with E-state index in [1.807, 2.05) is 12.1 Å². The molecule has 142 valence electrons. The van der Waals surface area contributed by atoms with Crippen LogP contribution in [0.2, 0.25) is 0 Å². The minimum atomic E-state index is -3.57. The second-order valence-electron chi connectivity index (χ2n) is 7.14.